The lowest BCUT2D eigenvalue weighted by Gasteiger charge is -2.40. The molecule has 9 nitrogen and oxygen atoms in total. The van der Waals surface area contributed by atoms with Crippen molar-refractivity contribution in [1.82, 2.24) is 5.32 Å². The van der Waals surface area contributed by atoms with Crippen molar-refractivity contribution in [2.24, 2.45) is 0 Å². The molecule has 72 heavy (non-hydrogen) atoms. The molecule has 0 spiro atoms. The molecule has 0 aromatic rings. The summed E-state index contributed by atoms with van der Waals surface area (Å²) < 4.78 is 11.3. The normalized spacial score (nSPS) is 19.5. The molecule has 0 radical (unpaired) electrons. The first-order chi connectivity index (χ1) is 35.3. The number of rotatable bonds is 53. The average molecular weight is 1020 g/mol. The second kappa shape index (κ2) is 52.6. The number of unbranched alkanes of at least 4 members (excludes halogenated alkanes) is 35. The van der Waals surface area contributed by atoms with Gasteiger partial charge < -0.3 is 40.3 Å². The average Bonchev–Trinajstić information content (AvgIpc) is 3.38. The van der Waals surface area contributed by atoms with Gasteiger partial charge in [0.15, 0.2) is 6.29 Å². The van der Waals surface area contributed by atoms with Crippen LogP contribution >= 0.6 is 0 Å². The predicted octanol–water partition coefficient (Wildman–Crippen LogP) is 15.7. The number of amides is 1. The summed E-state index contributed by atoms with van der Waals surface area (Å²) in [6.07, 6.45) is 62.9. The van der Waals surface area contributed by atoms with Crippen molar-refractivity contribution in [3.8, 4) is 0 Å². The van der Waals surface area contributed by atoms with Gasteiger partial charge in [-0.3, -0.25) is 4.79 Å². The van der Waals surface area contributed by atoms with Gasteiger partial charge in [0.2, 0.25) is 5.91 Å². The number of allylic oxidation sites excluding steroid dienone is 8. The van der Waals surface area contributed by atoms with Crippen molar-refractivity contribution in [1.29, 1.82) is 0 Å². The number of aliphatic hydroxyl groups is 5. The first-order valence-corrected chi connectivity index (χ1v) is 30.8. The summed E-state index contributed by atoms with van der Waals surface area (Å²) in [4.78, 5) is 13.1. The van der Waals surface area contributed by atoms with E-state index in [9.17, 15) is 30.3 Å². The highest BCUT2D eigenvalue weighted by molar-refractivity contribution is 5.76. The number of nitrogens with one attached hydrogen (secondary N) is 1. The molecular formula is C63H117NO8. The molecule has 9 heteroatoms. The van der Waals surface area contributed by atoms with Crippen LogP contribution in [0.25, 0.3) is 0 Å². The summed E-state index contributed by atoms with van der Waals surface area (Å²) in [7, 11) is 0. The van der Waals surface area contributed by atoms with Gasteiger partial charge in [-0.05, 0) is 51.4 Å². The fourth-order valence-electron chi connectivity index (χ4n) is 9.86. The molecule has 1 amide bonds. The molecule has 0 aromatic heterocycles. The molecule has 6 N–H and O–H groups in total. The molecule has 0 aliphatic carbocycles. The van der Waals surface area contributed by atoms with Gasteiger partial charge in [-0.25, -0.2) is 0 Å². The highest BCUT2D eigenvalue weighted by Gasteiger charge is 2.44. The van der Waals surface area contributed by atoms with E-state index in [1.54, 1.807) is 0 Å². The summed E-state index contributed by atoms with van der Waals surface area (Å²) in [6.45, 7) is 3.76. The Bertz CT molecular complexity index is 1270. The van der Waals surface area contributed by atoms with Crippen molar-refractivity contribution in [3.63, 3.8) is 0 Å². The first kappa shape index (κ1) is 68.2. The van der Waals surface area contributed by atoms with Crippen LogP contribution in [0.15, 0.2) is 48.6 Å². The van der Waals surface area contributed by atoms with Crippen LogP contribution in [0.3, 0.4) is 0 Å². The van der Waals surface area contributed by atoms with Gasteiger partial charge >= 0.3 is 0 Å². The van der Waals surface area contributed by atoms with Gasteiger partial charge in [0.1, 0.15) is 24.4 Å². The zero-order valence-electron chi connectivity index (χ0n) is 46.9. The largest absolute Gasteiger partial charge is 0.394 e. The minimum atomic E-state index is -1.55. The van der Waals surface area contributed by atoms with Crippen molar-refractivity contribution >= 4 is 5.91 Å². The zero-order chi connectivity index (χ0) is 52.2. The van der Waals surface area contributed by atoms with E-state index in [0.29, 0.717) is 12.8 Å². The second-order valence-electron chi connectivity index (χ2n) is 21.5. The summed E-state index contributed by atoms with van der Waals surface area (Å²) in [6, 6.07) is -0.720. The third-order valence-corrected chi connectivity index (χ3v) is 14.7. The Labute approximate surface area is 444 Å². The number of carbonyl (C=O) groups excluding carboxylic acids is 1. The summed E-state index contributed by atoms with van der Waals surface area (Å²) >= 11 is 0. The number of hydrogen-bond donors (Lipinski definition) is 6. The van der Waals surface area contributed by atoms with E-state index >= 15 is 0 Å². The number of aliphatic hydroxyl groups excluding tert-OH is 5. The van der Waals surface area contributed by atoms with Crippen LogP contribution in [0, 0.1) is 0 Å². The van der Waals surface area contributed by atoms with Gasteiger partial charge in [-0.15, -0.1) is 0 Å². The van der Waals surface area contributed by atoms with E-state index in [4.69, 9.17) is 9.47 Å². The second-order valence-corrected chi connectivity index (χ2v) is 21.5. The van der Waals surface area contributed by atoms with Crippen LogP contribution in [-0.4, -0.2) is 87.5 Å². The van der Waals surface area contributed by atoms with Gasteiger partial charge in [0.25, 0.3) is 0 Å². The predicted molar refractivity (Wildman–Crippen MR) is 304 cm³/mol. The number of carbonyl (C=O) groups is 1. The van der Waals surface area contributed by atoms with E-state index in [1.807, 2.05) is 0 Å². The lowest BCUT2D eigenvalue weighted by molar-refractivity contribution is -0.302. The van der Waals surface area contributed by atoms with E-state index < -0.39 is 49.5 Å². The zero-order valence-corrected chi connectivity index (χ0v) is 46.9. The highest BCUT2D eigenvalue weighted by Crippen LogP contribution is 2.23. The molecular weight excluding hydrogens is 899 g/mol. The molecule has 1 heterocycles. The molecule has 0 bridgehead atoms. The van der Waals surface area contributed by atoms with Crippen molar-refractivity contribution in [2.75, 3.05) is 13.2 Å². The molecule has 1 aliphatic rings. The molecule has 1 rings (SSSR count). The maximum absolute atomic E-state index is 13.1. The molecule has 1 fully saturated rings. The molecule has 1 saturated heterocycles. The standard InChI is InChI=1S/C63H117NO8/c1-3-5-7-9-11-13-15-17-19-21-23-25-26-27-28-29-30-31-32-33-35-37-39-41-43-45-47-49-51-53-59(67)64-56(55-71-63-62(70)61(69)60(68)58(54-65)72-63)57(66)52-50-48-46-44-42-40-38-36-34-24-22-20-18-16-14-12-10-8-6-4-2/h5,7,11,13,17,19,23,25,56-58,60-63,65-66,68-70H,3-4,6,8-10,12,14-16,18,20-22,24,26-55H2,1-2H3,(H,64,67)/b7-5-,13-11-,19-17-,25-23-. The third kappa shape index (κ3) is 41.4. The van der Waals surface area contributed by atoms with E-state index in [-0.39, 0.29) is 12.5 Å². The summed E-state index contributed by atoms with van der Waals surface area (Å²) in [5.74, 6) is -0.141. The monoisotopic (exact) mass is 1020 g/mol. The maximum atomic E-state index is 13.1. The van der Waals surface area contributed by atoms with Crippen LogP contribution in [0.5, 0.6) is 0 Å². The Morgan fingerprint density at radius 1 is 0.486 bits per heavy atom. The third-order valence-electron chi connectivity index (χ3n) is 14.7. The summed E-state index contributed by atoms with van der Waals surface area (Å²) in [5, 5.41) is 54.8. The van der Waals surface area contributed by atoms with Crippen LogP contribution < -0.4 is 5.32 Å². The Morgan fingerprint density at radius 3 is 1.28 bits per heavy atom. The minimum absolute atomic E-state index is 0.136. The SMILES string of the molecule is CC/C=C\C/C=C\C/C=C\C/C=C\CCCCCCCCCCCCCCCCCCC(=O)NC(COC1OC(CO)C(O)C(O)C1O)C(O)CCCCCCCCCCCCCCCCCCCCCC. The Hall–Kier alpha value is -1.85. The molecule has 7 unspecified atom stereocenters. The Balaban J connectivity index is 2.15. The quantitative estimate of drug-likeness (QED) is 0.0261. The van der Waals surface area contributed by atoms with E-state index in [2.05, 4.69) is 67.8 Å². The van der Waals surface area contributed by atoms with Crippen LogP contribution in [0.2, 0.25) is 0 Å². The topological polar surface area (TPSA) is 149 Å². The van der Waals surface area contributed by atoms with Gasteiger partial charge in [-0.1, -0.05) is 281 Å². The van der Waals surface area contributed by atoms with Gasteiger partial charge in [-0.2, -0.15) is 0 Å². The molecule has 7 atom stereocenters. The highest BCUT2D eigenvalue weighted by atomic mass is 16.7. The van der Waals surface area contributed by atoms with E-state index in [1.165, 1.54) is 199 Å². The van der Waals surface area contributed by atoms with Crippen LogP contribution in [0.1, 0.15) is 290 Å². The minimum Gasteiger partial charge on any atom is -0.394 e. The number of hydrogen-bond acceptors (Lipinski definition) is 8. The maximum Gasteiger partial charge on any atom is 0.220 e. The Morgan fingerprint density at radius 2 is 0.861 bits per heavy atom. The molecule has 0 saturated carbocycles. The fraction of sp³-hybridized carbons (Fsp3) is 0.857. The van der Waals surface area contributed by atoms with E-state index in [0.717, 1.165) is 64.2 Å². The van der Waals surface area contributed by atoms with Crippen molar-refractivity contribution in [3.05, 3.63) is 48.6 Å². The van der Waals surface area contributed by atoms with Crippen LogP contribution in [-0.2, 0) is 14.3 Å². The molecule has 422 valence electrons. The smallest absolute Gasteiger partial charge is 0.220 e. The van der Waals surface area contributed by atoms with Gasteiger partial charge in [0.05, 0.1) is 25.4 Å². The molecule has 1 aliphatic heterocycles. The number of ether oxygens (including phenoxy) is 2. The van der Waals surface area contributed by atoms with Crippen molar-refractivity contribution < 1.29 is 39.8 Å². The van der Waals surface area contributed by atoms with Gasteiger partial charge in [0, 0.05) is 6.42 Å². The lowest BCUT2D eigenvalue weighted by atomic mass is 9.99. The first-order valence-electron chi connectivity index (χ1n) is 30.8. The van der Waals surface area contributed by atoms with Crippen LogP contribution in [0.4, 0.5) is 0 Å². The lowest BCUT2D eigenvalue weighted by Crippen LogP contribution is -2.60. The fourth-order valence-corrected chi connectivity index (χ4v) is 9.86. The molecule has 0 aromatic carbocycles. The summed E-state index contributed by atoms with van der Waals surface area (Å²) in [5.41, 5.74) is 0. The Kier molecular flexibility index (Phi) is 49.8. The van der Waals surface area contributed by atoms with Crippen molar-refractivity contribution in [2.45, 2.75) is 333 Å².